The number of nitrogens with two attached hydrogens (primary N) is 2. The third-order valence-electron chi connectivity index (χ3n) is 3.68. The summed E-state index contributed by atoms with van der Waals surface area (Å²) < 4.78 is 3.10. The van der Waals surface area contributed by atoms with E-state index in [1.807, 2.05) is 13.8 Å². The molecule has 0 fully saturated rings. The highest BCUT2D eigenvalue weighted by Crippen LogP contribution is 2.14. The summed E-state index contributed by atoms with van der Waals surface area (Å²) in [6.07, 6.45) is 2.84. The summed E-state index contributed by atoms with van der Waals surface area (Å²) in [5.74, 6) is 3.04. The maximum absolute atomic E-state index is 5.78. The van der Waals surface area contributed by atoms with E-state index in [2.05, 4.69) is 35.5 Å². The number of halogens is 1. The van der Waals surface area contributed by atoms with Crippen LogP contribution in [0, 0.1) is 13.8 Å². The van der Waals surface area contributed by atoms with Crippen LogP contribution in [-0.2, 0) is 0 Å². The molecule has 5 N–H and O–H groups in total. The van der Waals surface area contributed by atoms with Gasteiger partial charge in [-0.25, -0.2) is 19.9 Å². The molecule has 11 nitrogen and oxygen atoms in total. The summed E-state index contributed by atoms with van der Waals surface area (Å²) in [6, 6.07) is 6.93. The number of rotatable bonds is 3. The fourth-order valence-electron chi connectivity index (χ4n) is 2.45. The van der Waals surface area contributed by atoms with E-state index in [1.165, 1.54) is 17.3 Å². The molecule has 0 unspecified atom stereocenters. The average Bonchev–Trinajstić information content (AvgIpc) is 3.22. The Balaban J connectivity index is 0.000000166. The normalized spacial score (nSPS) is 10.3. The third kappa shape index (κ3) is 4.76. The molecule has 4 heterocycles. The topological polar surface area (TPSA) is 151 Å². The summed E-state index contributed by atoms with van der Waals surface area (Å²) in [4.78, 5) is 15.9. The van der Waals surface area contributed by atoms with Crippen molar-refractivity contribution in [1.82, 2.24) is 39.5 Å². The SMILES string of the molecule is CNc1cc(-n2nc(C)cc2N)ncn1.Cc1cc(N)n(-c2cc(Cl)ncn2)n1. The summed E-state index contributed by atoms with van der Waals surface area (Å²) in [7, 11) is 1.80. The van der Waals surface area contributed by atoms with E-state index in [-0.39, 0.29) is 0 Å². The lowest BCUT2D eigenvalue weighted by Crippen LogP contribution is -2.05. The van der Waals surface area contributed by atoms with E-state index in [0.717, 1.165) is 17.2 Å². The lowest BCUT2D eigenvalue weighted by Gasteiger charge is -2.04. The Morgan fingerprint density at radius 1 is 0.793 bits per heavy atom. The molecule has 4 aromatic rings. The number of aromatic nitrogens is 8. The summed E-state index contributed by atoms with van der Waals surface area (Å²) >= 11 is 5.72. The number of hydrogen-bond acceptors (Lipinski definition) is 9. The summed E-state index contributed by atoms with van der Waals surface area (Å²) in [6.45, 7) is 3.74. The number of anilines is 3. The van der Waals surface area contributed by atoms with E-state index in [1.54, 1.807) is 36.0 Å². The maximum Gasteiger partial charge on any atom is 0.161 e. The first-order chi connectivity index (χ1) is 13.9. The Labute approximate surface area is 171 Å². The second-order valence-electron chi connectivity index (χ2n) is 5.96. The monoisotopic (exact) mass is 413 g/mol. The van der Waals surface area contributed by atoms with Crippen LogP contribution in [0.25, 0.3) is 11.6 Å². The van der Waals surface area contributed by atoms with Crippen LogP contribution in [0.1, 0.15) is 11.4 Å². The van der Waals surface area contributed by atoms with Crippen molar-refractivity contribution in [2.24, 2.45) is 0 Å². The van der Waals surface area contributed by atoms with E-state index < -0.39 is 0 Å². The first kappa shape index (κ1) is 20.0. The van der Waals surface area contributed by atoms with Crippen LogP contribution in [0.15, 0.2) is 36.9 Å². The number of nitrogens with one attached hydrogen (secondary N) is 1. The van der Waals surface area contributed by atoms with Gasteiger partial charge in [0.1, 0.15) is 35.3 Å². The number of aryl methyl sites for hydroxylation is 2. The smallest absolute Gasteiger partial charge is 0.161 e. The van der Waals surface area contributed by atoms with Crippen LogP contribution in [0.5, 0.6) is 0 Å². The predicted molar refractivity (Wildman–Crippen MR) is 111 cm³/mol. The van der Waals surface area contributed by atoms with Crippen molar-refractivity contribution < 1.29 is 0 Å². The molecule has 0 amide bonds. The van der Waals surface area contributed by atoms with E-state index in [9.17, 15) is 0 Å². The van der Waals surface area contributed by atoms with Gasteiger partial charge in [0.15, 0.2) is 11.6 Å². The fraction of sp³-hybridized carbons (Fsp3) is 0.176. The zero-order valence-corrected chi connectivity index (χ0v) is 16.8. The van der Waals surface area contributed by atoms with Gasteiger partial charge in [0.05, 0.1) is 11.4 Å². The first-order valence-electron chi connectivity index (χ1n) is 8.49. The second kappa shape index (κ2) is 8.52. The summed E-state index contributed by atoms with van der Waals surface area (Å²) in [5, 5.41) is 11.7. The van der Waals surface area contributed by atoms with Crippen molar-refractivity contribution >= 4 is 29.1 Å². The van der Waals surface area contributed by atoms with Crippen molar-refractivity contribution in [3.63, 3.8) is 0 Å². The minimum atomic E-state index is 0.363. The molecular formula is C17H20ClN11. The highest BCUT2D eigenvalue weighted by molar-refractivity contribution is 6.29. The molecule has 0 saturated carbocycles. The van der Waals surface area contributed by atoms with Gasteiger partial charge in [-0.15, -0.1) is 0 Å². The molecule has 150 valence electrons. The van der Waals surface area contributed by atoms with Gasteiger partial charge in [-0.2, -0.15) is 19.6 Å². The number of nitrogen functional groups attached to an aromatic ring is 2. The van der Waals surface area contributed by atoms with Crippen molar-refractivity contribution in [2.45, 2.75) is 13.8 Å². The van der Waals surface area contributed by atoms with Crippen molar-refractivity contribution in [1.29, 1.82) is 0 Å². The van der Waals surface area contributed by atoms with Gasteiger partial charge in [-0.3, -0.25) is 0 Å². The van der Waals surface area contributed by atoms with Gasteiger partial charge >= 0.3 is 0 Å². The Morgan fingerprint density at radius 2 is 1.31 bits per heavy atom. The highest BCUT2D eigenvalue weighted by Gasteiger charge is 2.07. The maximum atomic E-state index is 5.78. The van der Waals surface area contributed by atoms with Crippen molar-refractivity contribution in [3.05, 3.63) is 53.5 Å². The molecule has 0 radical (unpaired) electrons. The molecule has 12 heteroatoms. The van der Waals surface area contributed by atoms with Crippen LogP contribution in [0.3, 0.4) is 0 Å². The van der Waals surface area contributed by atoms with Gasteiger partial charge in [0.25, 0.3) is 0 Å². The molecule has 4 aromatic heterocycles. The molecule has 0 aliphatic heterocycles. The van der Waals surface area contributed by atoms with Crippen LogP contribution >= 0.6 is 11.6 Å². The van der Waals surface area contributed by atoms with E-state index in [0.29, 0.717) is 28.4 Å². The summed E-state index contributed by atoms with van der Waals surface area (Å²) in [5.41, 5.74) is 13.2. The minimum absolute atomic E-state index is 0.363. The van der Waals surface area contributed by atoms with Gasteiger partial charge < -0.3 is 16.8 Å². The minimum Gasteiger partial charge on any atom is -0.384 e. The van der Waals surface area contributed by atoms with Gasteiger partial charge in [0.2, 0.25) is 0 Å². The highest BCUT2D eigenvalue weighted by atomic mass is 35.5. The molecule has 0 aromatic carbocycles. The number of hydrogen-bond donors (Lipinski definition) is 3. The molecule has 0 aliphatic carbocycles. The predicted octanol–water partition coefficient (Wildman–Crippen LogP) is 1.80. The average molecular weight is 414 g/mol. The van der Waals surface area contributed by atoms with Crippen molar-refractivity contribution in [3.8, 4) is 11.6 Å². The zero-order valence-electron chi connectivity index (χ0n) is 16.1. The lowest BCUT2D eigenvalue weighted by molar-refractivity contribution is 0.835. The molecule has 0 bridgehead atoms. The molecule has 0 saturated heterocycles. The van der Waals surface area contributed by atoms with Gasteiger partial charge in [-0.1, -0.05) is 11.6 Å². The van der Waals surface area contributed by atoms with Crippen molar-refractivity contribution in [2.75, 3.05) is 23.8 Å². The van der Waals surface area contributed by atoms with E-state index in [4.69, 9.17) is 23.1 Å². The largest absolute Gasteiger partial charge is 0.384 e. The molecule has 0 atom stereocenters. The molecule has 0 aliphatic rings. The Kier molecular flexibility index (Phi) is 5.88. The number of nitrogens with zero attached hydrogens (tertiary/aromatic N) is 8. The van der Waals surface area contributed by atoms with Gasteiger partial charge in [-0.05, 0) is 13.8 Å². The Morgan fingerprint density at radius 3 is 1.76 bits per heavy atom. The van der Waals surface area contributed by atoms with Crippen LogP contribution in [0.4, 0.5) is 17.5 Å². The molecular weight excluding hydrogens is 394 g/mol. The lowest BCUT2D eigenvalue weighted by atomic mass is 10.5. The third-order valence-corrected chi connectivity index (χ3v) is 3.89. The fourth-order valence-corrected chi connectivity index (χ4v) is 2.59. The Hall–Kier alpha value is -3.73. The molecule has 4 rings (SSSR count). The quantitative estimate of drug-likeness (QED) is 0.427. The Bertz CT molecular complexity index is 1120. The van der Waals surface area contributed by atoms with Gasteiger partial charge in [0, 0.05) is 31.3 Å². The van der Waals surface area contributed by atoms with Crippen LogP contribution in [0.2, 0.25) is 5.15 Å². The molecule has 0 spiro atoms. The molecule has 29 heavy (non-hydrogen) atoms. The second-order valence-corrected chi connectivity index (χ2v) is 6.34. The first-order valence-corrected chi connectivity index (χ1v) is 8.87. The van der Waals surface area contributed by atoms with E-state index >= 15 is 0 Å². The van der Waals surface area contributed by atoms with Crippen LogP contribution < -0.4 is 16.8 Å². The standard InChI is InChI=1S/C9H12N6.C8H8ClN5/c1-6-3-7(10)15(14-6)9-4-8(11-2)12-5-13-9;1-5-2-7(10)14(13-5)8-3-6(9)11-4-12-8/h3-5H,10H2,1-2H3,(H,11,12,13);2-4H,10H2,1H3. The zero-order chi connectivity index (χ0) is 21.0. The van der Waals surface area contributed by atoms with Crippen LogP contribution in [-0.4, -0.2) is 46.5 Å².